The zero-order valence-electron chi connectivity index (χ0n) is 14.3. The Hall–Kier alpha value is -2.47. The van der Waals surface area contributed by atoms with Gasteiger partial charge >= 0.3 is 5.97 Å². The number of hydrogen-bond donors (Lipinski definition) is 0. The van der Waals surface area contributed by atoms with Crippen LogP contribution in [0.25, 0.3) is 10.8 Å². The van der Waals surface area contributed by atoms with Gasteiger partial charge in [0.1, 0.15) is 12.4 Å². The average molecular weight is 323 g/mol. The van der Waals surface area contributed by atoms with Crippen LogP contribution in [0.2, 0.25) is 0 Å². The van der Waals surface area contributed by atoms with Crippen LogP contribution >= 0.6 is 0 Å². The number of unbranched alkanes of at least 4 members (excludes halogenated alkanes) is 2. The van der Waals surface area contributed by atoms with Crippen molar-refractivity contribution in [3.63, 3.8) is 0 Å². The molecule has 2 aromatic rings. The molecule has 0 bridgehead atoms. The number of carbonyl (C=O) groups excluding carboxylic acids is 1. The molecule has 2 rings (SSSR count). The highest BCUT2D eigenvalue weighted by Crippen LogP contribution is 2.22. The standard InChI is InChI=1S/C21H23O3/c1-3-4-6-14-24-21-12-11-19-15-18(9-10-20(19)16-21)8-5-7-13-23-17(2)22/h7,9-12,15-16H,3-4,6,13-14H2,1-2H3. The number of benzene rings is 2. The van der Waals surface area contributed by atoms with E-state index < -0.39 is 0 Å². The van der Waals surface area contributed by atoms with Crippen molar-refractivity contribution in [1.29, 1.82) is 0 Å². The minimum Gasteiger partial charge on any atom is -0.494 e. The van der Waals surface area contributed by atoms with Gasteiger partial charge in [-0.25, -0.2) is 0 Å². The van der Waals surface area contributed by atoms with Gasteiger partial charge in [0.2, 0.25) is 0 Å². The van der Waals surface area contributed by atoms with Gasteiger partial charge in [-0.05, 0) is 41.5 Å². The van der Waals surface area contributed by atoms with Gasteiger partial charge in [-0.15, -0.1) is 0 Å². The van der Waals surface area contributed by atoms with Crippen molar-refractivity contribution in [3.8, 4) is 17.6 Å². The molecule has 24 heavy (non-hydrogen) atoms. The number of carbonyl (C=O) groups is 1. The lowest BCUT2D eigenvalue weighted by atomic mass is 10.1. The maximum absolute atomic E-state index is 10.6. The second kappa shape index (κ2) is 9.62. The third-order valence-electron chi connectivity index (χ3n) is 3.52. The first-order valence-electron chi connectivity index (χ1n) is 8.32. The smallest absolute Gasteiger partial charge is 0.302 e. The summed E-state index contributed by atoms with van der Waals surface area (Å²) in [5, 5.41) is 2.26. The average Bonchev–Trinajstić information content (AvgIpc) is 2.58. The highest BCUT2D eigenvalue weighted by atomic mass is 16.5. The van der Waals surface area contributed by atoms with Crippen molar-refractivity contribution >= 4 is 16.7 Å². The summed E-state index contributed by atoms with van der Waals surface area (Å²) < 4.78 is 10.6. The normalized spacial score (nSPS) is 10.1. The van der Waals surface area contributed by atoms with Gasteiger partial charge in [-0.1, -0.05) is 43.7 Å². The van der Waals surface area contributed by atoms with Crippen LogP contribution in [0.15, 0.2) is 36.4 Å². The fourth-order valence-corrected chi connectivity index (χ4v) is 2.27. The van der Waals surface area contributed by atoms with Gasteiger partial charge < -0.3 is 9.47 Å². The summed E-state index contributed by atoms with van der Waals surface area (Å²) in [5.74, 6) is 6.55. The summed E-state index contributed by atoms with van der Waals surface area (Å²) >= 11 is 0. The number of rotatable bonds is 7. The molecule has 0 saturated heterocycles. The van der Waals surface area contributed by atoms with Crippen molar-refractivity contribution in [2.24, 2.45) is 0 Å². The van der Waals surface area contributed by atoms with E-state index in [4.69, 9.17) is 9.47 Å². The van der Waals surface area contributed by atoms with Gasteiger partial charge in [0.05, 0.1) is 13.0 Å². The molecule has 0 amide bonds. The molecule has 0 fully saturated rings. The van der Waals surface area contributed by atoms with Gasteiger partial charge in [0.25, 0.3) is 0 Å². The highest BCUT2D eigenvalue weighted by Gasteiger charge is 1.99. The largest absolute Gasteiger partial charge is 0.494 e. The Morgan fingerprint density at radius 3 is 2.71 bits per heavy atom. The van der Waals surface area contributed by atoms with Crippen molar-refractivity contribution in [2.75, 3.05) is 13.2 Å². The van der Waals surface area contributed by atoms with Crippen LogP contribution < -0.4 is 4.74 Å². The second-order valence-corrected chi connectivity index (χ2v) is 5.56. The first kappa shape index (κ1) is 17.9. The maximum Gasteiger partial charge on any atom is 0.302 e. The molecule has 0 aliphatic heterocycles. The minimum absolute atomic E-state index is 0.217. The molecule has 3 heteroatoms. The first-order valence-corrected chi connectivity index (χ1v) is 8.32. The topological polar surface area (TPSA) is 35.5 Å². The van der Waals surface area contributed by atoms with Crippen LogP contribution in [0.1, 0.15) is 38.7 Å². The Morgan fingerprint density at radius 2 is 1.92 bits per heavy atom. The molecule has 3 nitrogen and oxygen atoms in total. The zero-order chi connectivity index (χ0) is 17.2. The molecule has 0 aliphatic rings. The van der Waals surface area contributed by atoms with Gasteiger partial charge in [-0.2, -0.15) is 0 Å². The second-order valence-electron chi connectivity index (χ2n) is 5.56. The lowest BCUT2D eigenvalue weighted by molar-refractivity contribution is -0.139. The molecule has 0 atom stereocenters. The van der Waals surface area contributed by atoms with Gasteiger partial charge in [0.15, 0.2) is 0 Å². The summed E-state index contributed by atoms with van der Waals surface area (Å²) in [5.41, 5.74) is 0.929. The Bertz CT molecular complexity index is 738. The van der Waals surface area contributed by atoms with E-state index in [1.54, 1.807) is 6.42 Å². The molecule has 125 valence electrons. The molecule has 0 unspecified atom stereocenters. The van der Waals surface area contributed by atoms with Crippen molar-refractivity contribution in [1.82, 2.24) is 0 Å². The first-order chi connectivity index (χ1) is 11.7. The van der Waals surface area contributed by atoms with Crippen molar-refractivity contribution in [2.45, 2.75) is 33.1 Å². The summed E-state index contributed by atoms with van der Waals surface area (Å²) in [6.45, 7) is 4.55. The summed E-state index contributed by atoms with van der Waals surface area (Å²) in [6, 6.07) is 12.2. The molecular formula is C21H23O3. The Balaban J connectivity index is 1.96. The van der Waals surface area contributed by atoms with Crippen LogP contribution in [0.4, 0.5) is 0 Å². The molecule has 0 spiro atoms. The zero-order valence-corrected chi connectivity index (χ0v) is 14.3. The van der Waals surface area contributed by atoms with E-state index in [-0.39, 0.29) is 12.6 Å². The highest BCUT2D eigenvalue weighted by molar-refractivity contribution is 5.85. The predicted molar refractivity (Wildman–Crippen MR) is 96.8 cm³/mol. The quantitative estimate of drug-likeness (QED) is 0.427. The van der Waals surface area contributed by atoms with Crippen LogP contribution in [-0.4, -0.2) is 19.2 Å². The summed E-state index contributed by atoms with van der Waals surface area (Å²) in [7, 11) is 0. The number of ether oxygens (including phenoxy) is 2. The summed E-state index contributed by atoms with van der Waals surface area (Å²) in [4.78, 5) is 10.6. The van der Waals surface area contributed by atoms with E-state index in [0.717, 1.165) is 35.1 Å². The van der Waals surface area contributed by atoms with Crippen molar-refractivity contribution in [3.05, 3.63) is 48.4 Å². The van der Waals surface area contributed by atoms with E-state index in [9.17, 15) is 4.79 Å². The molecular weight excluding hydrogens is 300 g/mol. The lowest BCUT2D eigenvalue weighted by Crippen LogP contribution is -1.99. The van der Waals surface area contributed by atoms with E-state index in [2.05, 4.69) is 30.9 Å². The van der Waals surface area contributed by atoms with E-state index in [0.29, 0.717) is 0 Å². The molecule has 0 N–H and O–H groups in total. The number of fused-ring (bicyclic) bond motifs is 1. The van der Waals surface area contributed by atoms with Crippen LogP contribution in [0, 0.1) is 18.3 Å². The Kier molecular flexibility index (Phi) is 7.17. The minimum atomic E-state index is -0.300. The third-order valence-corrected chi connectivity index (χ3v) is 3.52. The molecule has 1 radical (unpaired) electrons. The molecule has 2 aromatic carbocycles. The fourth-order valence-electron chi connectivity index (χ4n) is 2.27. The molecule has 0 aromatic heterocycles. The van der Waals surface area contributed by atoms with E-state index in [1.165, 1.54) is 19.8 Å². The Morgan fingerprint density at radius 1 is 1.12 bits per heavy atom. The number of esters is 1. The van der Waals surface area contributed by atoms with Gasteiger partial charge in [0, 0.05) is 12.5 Å². The predicted octanol–water partition coefficient (Wildman–Crippen LogP) is 4.53. The fraction of sp³-hybridized carbons (Fsp3) is 0.333. The maximum atomic E-state index is 10.6. The summed E-state index contributed by atoms with van der Waals surface area (Å²) in [6.07, 6.45) is 5.12. The van der Waals surface area contributed by atoms with Crippen molar-refractivity contribution < 1.29 is 14.3 Å². The third kappa shape index (κ3) is 5.96. The van der Waals surface area contributed by atoms with E-state index >= 15 is 0 Å². The molecule has 0 saturated carbocycles. The van der Waals surface area contributed by atoms with E-state index in [1.807, 2.05) is 24.3 Å². The van der Waals surface area contributed by atoms with Crippen LogP contribution in [0.3, 0.4) is 0 Å². The number of hydrogen-bond acceptors (Lipinski definition) is 3. The monoisotopic (exact) mass is 323 g/mol. The SMILES string of the molecule is CCCCCOc1ccc2cc(C#C[CH]COC(C)=O)ccc2c1. The van der Waals surface area contributed by atoms with Crippen LogP contribution in [0.5, 0.6) is 5.75 Å². The molecule has 0 heterocycles. The lowest BCUT2D eigenvalue weighted by Gasteiger charge is -2.07. The Labute approximate surface area is 144 Å². The van der Waals surface area contributed by atoms with Crippen LogP contribution in [-0.2, 0) is 9.53 Å². The van der Waals surface area contributed by atoms with Gasteiger partial charge in [-0.3, -0.25) is 4.79 Å². The molecule has 0 aliphatic carbocycles.